The molecule has 4 nitrogen and oxygen atoms in total. The van der Waals surface area contributed by atoms with E-state index < -0.39 is 0 Å². The van der Waals surface area contributed by atoms with Gasteiger partial charge in [0.15, 0.2) is 0 Å². The standard InChI is InChI=1S/C20H21NO3/c22-19-11-17-20(24-19)18(23-14-16-9-5-2-6-10-16)13-21(17)12-15-7-3-1-4-8-15/h1-10,17-18,20H,11-14H2/t17-,18+,20+/m0/s1. The molecule has 0 unspecified atom stereocenters. The van der Waals surface area contributed by atoms with Crippen molar-refractivity contribution in [2.24, 2.45) is 0 Å². The number of rotatable bonds is 5. The van der Waals surface area contributed by atoms with E-state index in [0.29, 0.717) is 13.0 Å². The molecule has 2 aliphatic rings. The van der Waals surface area contributed by atoms with Gasteiger partial charge in [-0.3, -0.25) is 9.69 Å². The highest BCUT2D eigenvalue weighted by Crippen LogP contribution is 2.33. The van der Waals surface area contributed by atoms with Crippen LogP contribution in [0.5, 0.6) is 0 Å². The lowest BCUT2D eigenvalue weighted by molar-refractivity contribution is -0.146. The van der Waals surface area contributed by atoms with Crippen LogP contribution < -0.4 is 0 Å². The Morgan fingerprint density at radius 3 is 2.38 bits per heavy atom. The topological polar surface area (TPSA) is 38.8 Å². The molecule has 2 aromatic carbocycles. The number of carbonyl (C=O) groups is 1. The number of carbonyl (C=O) groups excluding carboxylic acids is 1. The Morgan fingerprint density at radius 2 is 1.67 bits per heavy atom. The molecule has 0 saturated carbocycles. The third kappa shape index (κ3) is 3.21. The van der Waals surface area contributed by atoms with Gasteiger partial charge in [-0.15, -0.1) is 0 Å². The van der Waals surface area contributed by atoms with Crippen LogP contribution in [0.2, 0.25) is 0 Å². The molecule has 4 rings (SSSR count). The zero-order chi connectivity index (χ0) is 16.4. The van der Waals surface area contributed by atoms with Crippen molar-refractivity contribution in [1.82, 2.24) is 4.90 Å². The van der Waals surface area contributed by atoms with Gasteiger partial charge in [0.2, 0.25) is 0 Å². The first kappa shape index (κ1) is 15.4. The summed E-state index contributed by atoms with van der Waals surface area (Å²) in [5.74, 6) is -0.115. The molecule has 2 aromatic rings. The summed E-state index contributed by atoms with van der Waals surface area (Å²) < 4.78 is 11.6. The number of likely N-dealkylation sites (tertiary alicyclic amines) is 1. The third-order valence-corrected chi connectivity index (χ3v) is 4.81. The molecule has 24 heavy (non-hydrogen) atoms. The van der Waals surface area contributed by atoms with Crippen molar-refractivity contribution in [1.29, 1.82) is 0 Å². The fourth-order valence-electron chi connectivity index (χ4n) is 3.62. The van der Waals surface area contributed by atoms with E-state index in [4.69, 9.17) is 9.47 Å². The average molecular weight is 323 g/mol. The molecule has 2 aliphatic heterocycles. The Hall–Kier alpha value is -2.17. The van der Waals surface area contributed by atoms with Crippen LogP contribution in [0.25, 0.3) is 0 Å². The summed E-state index contributed by atoms with van der Waals surface area (Å²) in [6.45, 7) is 2.17. The van der Waals surface area contributed by atoms with Crippen molar-refractivity contribution in [3.8, 4) is 0 Å². The Kier molecular flexibility index (Phi) is 4.32. The van der Waals surface area contributed by atoms with Crippen molar-refractivity contribution >= 4 is 5.97 Å². The smallest absolute Gasteiger partial charge is 0.307 e. The van der Waals surface area contributed by atoms with E-state index in [9.17, 15) is 4.79 Å². The van der Waals surface area contributed by atoms with E-state index >= 15 is 0 Å². The number of esters is 1. The van der Waals surface area contributed by atoms with E-state index in [0.717, 1.165) is 18.7 Å². The van der Waals surface area contributed by atoms with Gasteiger partial charge in [0.25, 0.3) is 0 Å². The van der Waals surface area contributed by atoms with Gasteiger partial charge in [0.1, 0.15) is 12.2 Å². The Morgan fingerprint density at radius 1 is 1.00 bits per heavy atom. The largest absolute Gasteiger partial charge is 0.458 e. The Labute approximate surface area is 142 Å². The molecule has 0 aromatic heterocycles. The predicted molar refractivity (Wildman–Crippen MR) is 90.2 cm³/mol. The SMILES string of the molecule is O=C1C[C@H]2[C@@H](O1)[C@H](OCc1ccccc1)CN2Cc1ccccc1. The van der Waals surface area contributed by atoms with Gasteiger partial charge < -0.3 is 9.47 Å². The molecule has 0 aliphatic carbocycles. The van der Waals surface area contributed by atoms with E-state index in [1.165, 1.54) is 5.56 Å². The van der Waals surface area contributed by atoms with Gasteiger partial charge in [0.05, 0.1) is 19.1 Å². The van der Waals surface area contributed by atoms with Crippen LogP contribution in [0.3, 0.4) is 0 Å². The molecule has 0 bridgehead atoms. The predicted octanol–water partition coefficient (Wildman–Crippen LogP) is 2.77. The van der Waals surface area contributed by atoms with Gasteiger partial charge >= 0.3 is 5.97 Å². The molecule has 3 atom stereocenters. The minimum absolute atomic E-state index is 0.0645. The monoisotopic (exact) mass is 323 g/mol. The van der Waals surface area contributed by atoms with Crippen LogP contribution in [0.4, 0.5) is 0 Å². The highest BCUT2D eigenvalue weighted by Gasteiger charge is 2.50. The van der Waals surface area contributed by atoms with Crippen LogP contribution in [-0.2, 0) is 27.4 Å². The summed E-state index contributed by atoms with van der Waals surface area (Å²) >= 11 is 0. The minimum Gasteiger partial charge on any atom is -0.458 e. The van der Waals surface area contributed by atoms with Gasteiger partial charge in [-0.05, 0) is 11.1 Å². The molecular weight excluding hydrogens is 302 g/mol. The summed E-state index contributed by atoms with van der Waals surface area (Å²) in [6, 6.07) is 20.6. The van der Waals surface area contributed by atoms with Crippen molar-refractivity contribution in [3.63, 3.8) is 0 Å². The van der Waals surface area contributed by atoms with Crippen molar-refractivity contribution in [2.75, 3.05) is 6.54 Å². The maximum Gasteiger partial charge on any atom is 0.307 e. The van der Waals surface area contributed by atoms with Gasteiger partial charge in [-0.2, -0.15) is 0 Å². The van der Waals surface area contributed by atoms with Crippen molar-refractivity contribution < 1.29 is 14.3 Å². The highest BCUT2D eigenvalue weighted by molar-refractivity contribution is 5.73. The van der Waals surface area contributed by atoms with Gasteiger partial charge in [0, 0.05) is 13.1 Å². The quantitative estimate of drug-likeness (QED) is 0.793. The molecular formula is C20H21NO3. The second-order valence-electron chi connectivity index (χ2n) is 6.48. The zero-order valence-corrected chi connectivity index (χ0v) is 13.5. The maximum absolute atomic E-state index is 11.8. The van der Waals surface area contributed by atoms with Crippen LogP contribution in [-0.4, -0.2) is 35.7 Å². The Bertz CT molecular complexity index is 689. The van der Waals surface area contributed by atoms with Crippen LogP contribution in [0.15, 0.2) is 60.7 Å². The molecule has 124 valence electrons. The Balaban J connectivity index is 1.44. The molecule has 0 amide bonds. The van der Waals surface area contributed by atoms with E-state index in [-0.39, 0.29) is 24.2 Å². The first-order valence-electron chi connectivity index (χ1n) is 8.42. The van der Waals surface area contributed by atoms with Crippen LogP contribution in [0, 0.1) is 0 Å². The van der Waals surface area contributed by atoms with E-state index in [1.807, 2.05) is 36.4 Å². The fraction of sp³-hybridized carbons (Fsp3) is 0.350. The molecule has 2 heterocycles. The number of ether oxygens (including phenoxy) is 2. The summed E-state index contributed by atoms with van der Waals surface area (Å²) in [4.78, 5) is 14.1. The zero-order valence-electron chi connectivity index (χ0n) is 13.5. The normalized spacial score (nSPS) is 26.3. The fourth-order valence-corrected chi connectivity index (χ4v) is 3.62. The molecule has 0 radical (unpaired) electrons. The summed E-state index contributed by atoms with van der Waals surface area (Å²) in [5.41, 5.74) is 2.39. The van der Waals surface area contributed by atoms with Crippen molar-refractivity contribution in [3.05, 3.63) is 71.8 Å². The second kappa shape index (κ2) is 6.75. The number of nitrogens with zero attached hydrogens (tertiary/aromatic N) is 1. The lowest BCUT2D eigenvalue weighted by atomic mass is 10.1. The maximum atomic E-state index is 11.8. The molecule has 0 spiro atoms. The average Bonchev–Trinajstić information content (AvgIpc) is 3.14. The number of hydrogen-bond donors (Lipinski definition) is 0. The van der Waals surface area contributed by atoms with Crippen LogP contribution in [0.1, 0.15) is 17.5 Å². The first-order chi connectivity index (χ1) is 11.8. The summed E-state index contributed by atoms with van der Waals surface area (Å²) in [5, 5.41) is 0. The molecule has 4 heteroatoms. The number of fused-ring (bicyclic) bond motifs is 1. The lowest BCUT2D eigenvalue weighted by Gasteiger charge is -2.20. The summed E-state index contributed by atoms with van der Waals surface area (Å²) in [7, 11) is 0. The number of hydrogen-bond acceptors (Lipinski definition) is 4. The molecule has 0 N–H and O–H groups in total. The molecule has 2 fully saturated rings. The van der Waals surface area contributed by atoms with Gasteiger partial charge in [-0.25, -0.2) is 0 Å². The summed E-state index contributed by atoms with van der Waals surface area (Å²) in [6.07, 6.45) is 0.248. The third-order valence-electron chi connectivity index (χ3n) is 4.81. The van der Waals surface area contributed by atoms with E-state index in [1.54, 1.807) is 0 Å². The van der Waals surface area contributed by atoms with Gasteiger partial charge in [-0.1, -0.05) is 60.7 Å². The molecule has 2 saturated heterocycles. The second-order valence-corrected chi connectivity index (χ2v) is 6.48. The lowest BCUT2D eigenvalue weighted by Crippen LogP contribution is -2.32. The van der Waals surface area contributed by atoms with E-state index in [2.05, 4.69) is 29.2 Å². The van der Waals surface area contributed by atoms with Crippen molar-refractivity contribution in [2.45, 2.75) is 37.8 Å². The number of benzene rings is 2. The first-order valence-corrected chi connectivity index (χ1v) is 8.42. The minimum atomic E-state index is -0.148. The van der Waals surface area contributed by atoms with Crippen LogP contribution >= 0.6 is 0 Å². The highest BCUT2D eigenvalue weighted by atomic mass is 16.6.